The lowest BCUT2D eigenvalue weighted by Gasteiger charge is -2.19. The number of aromatic nitrogens is 1. The number of carbonyl (C=O) groups is 1. The van der Waals surface area contributed by atoms with E-state index in [2.05, 4.69) is 10.3 Å². The van der Waals surface area contributed by atoms with Gasteiger partial charge in [-0.1, -0.05) is 26.8 Å². The minimum Gasteiger partial charge on any atom is -0.320 e. The van der Waals surface area contributed by atoms with Gasteiger partial charge in [0.25, 0.3) is 11.6 Å². The van der Waals surface area contributed by atoms with Crippen LogP contribution in [0, 0.1) is 30.9 Å². The largest absolute Gasteiger partial charge is 0.320 e. The number of benzene rings is 1. The molecule has 0 unspecified atom stereocenters. The molecule has 2 rings (SSSR count). The molecule has 1 aromatic heterocycles. The van der Waals surface area contributed by atoms with Crippen molar-refractivity contribution in [1.82, 2.24) is 4.98 Å². The van der Waals surface area contributed by atoms with Gasteiger partial charge in [-0.3, -0.25) is 19.9 Å². The second-order valence-electron chi connectivity index (χ2n) is 7.23. The maximum absolute atomic E-state index is 12.6. The van der Waals surface area contributed by atoms with Crippen molar-refractivity contribution in [2.75, 3.05) is 5.32 Å². The Morgan fingerprint density at radius 1 is 1.16 bits per heavy atom. The van der Waals surface area contributed by atoms with E-state index in [4.69, 9.17) is 0 Å². The van der Waals surface area contributed by atoms with Gasteiger partial charge in [0, 0.05) is 22.9 Å². The lowest BCUT2D eigenvalue weighted by molar-refractivity contribution is -0.386. The number of rotatable bonds is 3. The van der Waals surface area contributed by atoms with Crippen LogP contribution < -0.4 is 5.32 Å². The predicted octanol–water partition coefficient (Wildman–Crippen LogP) is 4.46. The van der Waals surface area contributed by atoms with Gasteiger partial charge in [0.2, 0.25) is 0 Å². The SMILES string of the molecule is Cc1cc(C)c(NC(=O)c2ccc(C(C)(C)C)c([N+](=O)[O-])c2)c(C)n1. The highest BCUT2D eigenvalue weighted by atomic mass is 16.6. The summed E-state index contributed by atoms with van der Waals surface area (Å²) in [5.74, 6) is -0.389. The van der Waals surface area contributed by atoms with Gasteiger partial charge in [0.1, 0.15) is 0 Å². The number of nitro groups is 1. The van der Waals surface area contributed by atoms with E-state index in [0.717, 1.165) is 11.3 Å². The number of anilines is 1. The summed E-state index contributed by atoms with van der Waals surface area (Å²) >= 11 is 0. The third-order valence-electron chi connectivity index (χ3n) is 4.03. The Balaban J connectivity index is 2.41. The summed E-state index contributed by atoms with van der Waals surface area (Å²) in [5.41, 5.74) is 3.54. The van der Waals surface area contributed by atoms with E-state index in [1.807, 2.05) is 47.6 Å². The van der Waals surface area contributed by atoms with Crippen LogP contribution in [0.1, 0.15) is 53.6 Å². The fraction of sp³-hybridized carbons (Fsp3) is 0.368. The van der Waals surface area contributed by atoms with Crippen LogP contribution >= 0.6 is 0 Å². The zero-order valence-electron chi connectivity index (χ0n) is 15.4. The van der Waals surface area contributed by atoms with Gasteiger partial charge in [-0.2, -0.15) is 0 Å². The average molecular weight is 341 g/mol. The van der Waals surface area contributed by atoms with E-state index in [1.165, 1.54) is 6.07 Å². The Labute approximate surface area is 147 Å². The molecule has 1 heterocycles. The molecule has 0 radical (unpaired) electrons. The van der Waals surface area contributed by atoms with Crippen LogP contribution in [0.2, 0.25) is 0 Å². The van der Waals surface area contributed by atoms with Crippen LogP contribution in [0.25, 0.3) is 0 Å². The molecule has 132 valence electrons. The molecule has 0 spiro atoms. The van der Waals surface area contributed by atoms with E-state index in [0.29, 0.717) is 16.9 Å². The zero-order valence-corrected chi connectivity index (χ0v) is 15.4. The molecule has 0 aliphatic carbocycles. The molecule has 0 atom stereocenters. The van der Waals surface area contributed by atoms with Gasteiger partial charge in [0.05, 0.1) is 16.3 Å². The molecule has 0 aliphatic rings. The molecule has 1 aromatic carbocycles. The van der Waals surface area contributed by atoms with Crippen LogP contribution in [0.5, 0.6) is 0 Å². The molecular formula is C19H23N3O3. The molecule has 0 aliphatic heterocycles. The van der Waals surface area contributed by atoms with Crippen molar-refractivity contribution in [3.05, 3.63) is 62.5 Å². The molecule has 0 saturated carbocycles. The van der Waals surface area contributed by atoms with Crippen molar-refractivity contribution >= 4 is 17.3 Å². The third-order valence-corrected chi connectivity index (χ3v) is 4.03. The van der Waals surface area contributed by atoms with Crippen molar-refractivity contribution in [3.63, 3.8) is 0 Å². The first-order chi connectivity index (χ1) is 11.5. The quantitative estimate of drug-likeness (QED) is 0.659. The minimum absolute atomic E-state index is 0.0457. The molecule has 1 amide bonds. The van der Waals surface area contributed by atoms with Crippen LogP contribution in [0.4, 0.5) is 11.4 Å². The topological polar surface area (TPSA) is 85.1 Å². The van der Waals surface area contributed by atoms with E-state index in [9.17, 15) is 14.9 Å². The van der Waals surface area contributed by atoms with Crippen molar-refractivity contribution in [2.45, 2.75) is 47.0 Å². The Morgan fingerprint density at radius 2 is 1.80 bits per heavy atom. The molecule has 25 heavy (non-hydrogen) atoms. The summed E-state index contributed by atoms with van der Waals surface area (Å²) in [6, 6.07) is 6.49. The first kappa shape index (κ1) is 18.6. The van der Waals surface area contributed by atoms with Crippen LogP contribution in [-0.4, -0.2) is 15.8 Å². The van der Waals surface area contributed by atoms with Gasteiger partial charge in [-0.25, -0.2) is 0 Å². The normalized spacial score (nSPS) is 11.3. The maximum Gasteiger partial charge on any atom is 0.273 e. The number of aryl methyl sites for hydroxylation is 3. The van der Waals surface area contributed by atoms with Gasteiger partial charge in [-0.05, 0) is 43.9 Å². The molecule has 6 nitrogen and oxygen atoms in total. The van der Waals surface area contributed by atoms with Crippen molar-refractivity contribution in [2.24, 2.45) is 0 Å². The molecule has 2 aromatic rings. The first-order valence-electron chi connectivity index (χ1n) is 8.06. The molecule has 0 fully saturated rings. The average Bonchev–Trinajstić information content (AvgIpc) is 2.49. The van der Waals surface area contributed by atoms with E-state index < -0.39 is 4.92 Å². The number of pyridine rings is 1. The van der Waals surface area contributed by atoms with Crippen LogP contribution in [0.3, 0.4) is 0 Å². The highest BCUT2D eigenvalue weighted by Gasteiger charge is 2.26. The standard InChI is InChI=1S/C19H23N3O3/c1-11-9-12(2)20-13(3)17(11)21-18(23)14-7-8-15(19(4,5)6)16(10-14)22(24)25/h7-10H,1-6H3,(H,21,23). The highest BCUT2D eigenvalue weighted by molar-refractivity contribution is 6.05. The zero-order chi connectivity index (χ0) is 18.9. The lowest BCUT2D eigenvalue weighted by atomic mass is 9.85. The van der Waals surface area contributed by atoms with Crippen molar-refractivity contribution in [1.29, 1.82) is 0 Å². The second kappa shape index (κ2) is 6.63. The van der Waals surface area contributed by atoms with E-state index >= 15 is 0 Å². The van der Waals surface area contributed by atoms with E-state index in [-0.39, 0.29) is 22.6 Å². The van der Waals surface area contributed by atoms with Gasteiger partial charge in [0.15, 0.2) is 0 Å². The number of carbonyl (C=O) groups excluding carboxylic acids is 1. The Morgan fingerprint density at radius 3 is 2.32 bits per heavy atom. The van der Waals surface area contributed by atoms with Crippen molar-refractivity contribution in [3.8, 4) is 0 Å². The number of hydrogen-bond donors (Lipinski definition) is 1. The molecule has 1 N–H and O–H groups in total. The Bertz CT molecular complexity index is 828. The van der Waals surface area contributed by atoms with Crippen molar-refractivity contribution < 1.29 is 9.72 Å². The number of nitrogens with one attached hydrogen (secondary N) is 1. The number of hydrogen-bond acceptors (Lipinski definition) is 4. The summed E-state index contributed by atoms with van der Waals surface area (Å²) < 4.78 is 0. The Hall–Kier alpha value is -2.76. The smallest absolute Gasteiger partial charge is 0.273 e. The van der Waals surface area contributed by atoms with Gasteiger partial charge >= 0.3 is 0 Å². The first-order valence-corrected chi connectivity index (χ1v) is 8.06. The Kier molecular flexibility index (Phi) is 4.92. The second-order valence-corrected chi connectivity index (χ2v) is 7.23. The monoisotopic (exact) mass is 341 g/mol. The molecule has 6 heteroatoms. The fourth-order valence-corrected chi connectivity index (χ4v) is 2.86. The third kappa shape index (κ3) is 4.02. The number of nitrogens with zero attached hydrogens (tertiary/aromatic N) is 2. The number of nitro benzene ring substituents is 1. The molecule has 0 saturated heterocycles. The lowest BCUT2D eigenvalue weighted by Crippen LogP contribution is -2.17. The maximum atomic E-state index is 12.6. The molecular weight excluding hydrogens is 318 g/mol. The van der Waals surface area contributed by atoms with E-state index in [1.54, 1.807) is 12.1 Å². The highest BCUT2D eigenvalue weighted by Crippen LogP contribution is 2.32. The summed E-state index contributed by atoms with van der Waals surface area (Å²) in [6.45, 7) is 11.3. The molecule has 0 bridgehead atoms. The van der Waals surface area contributed by atoms with Crippen LogP contribution in [0.15, 0.2) is 24.3 Å². The summed E-state index contributed by atoms with van der Waals surface area (Å²) in [6.07, 6.45) is 0. The van der Waals surface area contributed by atoms with Gasteiger partial charge in [-0.15, -0.1) is 0 Å². The minimum atomic E-state index is -0.443. The predicted molar refractivity (Wildman–Crippen MR) is 98.2 cm³/mol. The van der Waals surface area contributed by atoms with Crippen LogP contribution in [-0.2, 0) is 5.41 Å². The summed E-state index contributed by atoms with van der Waals surface area (Å²) in [5, 5.41) is 14.2. The summed E-state index contributed by atoms with van der Waals surface area (Å²) in [7, 11) is 0. The van der Waals surface area contributed by atoms with Gasteiger partial charge < -0.3 is 5.32 Å². The number of amides is 1. The summed E-state index contributed by atoms with van der Waals surface area (Å²) in [4.78, 5) is 27.9. The fourth-order valence-electron chi connectivity index (χ4n) is 2.86.